The normalized spacial score (nSPS) is 15.7. The first-order chi connectivity index (χ1) is 14.6. The highest BCUT2D eigenvalue weighted by molar-refractivity contribution is 6.30. The standard InChI is InChI=1S/C24H25ClN2O3/c1-18(19-6-3-2-4-7-19)30-24-17-29-22(15-23(24)28)16-26-10-12-27(13-11-26)21-9-5-8-20(25)14-21/h2-9,14-15,17-18H,10-13,16H2,1H3/p+1/t18-/m0/s1. The first-order valence-corrected chi connectivity index (χ1v) is 10.6. The van der Waals surface area contributed by atoms with Gasteiger partial charge in [-0.05, 0) is 30.7 Å². The molecule has 0 radical (unpaired) electrons. The Morgan fingerprint density at radius 3 is 2.57 bits per heavy atom. The van der Waals surface area contributed by atoms with Gasteiger partial charge < -0.3 is 19.0 Å². The van der Waals surface area contributed by atoms with Gasteiger partial charge in [-0.2, -0.15) is 0 Å². The van der Waals surface area contributed by atoms with Crippen LogP contribution in [0.5, 0.6) is 5.75 Å². The van der Waals surface area contributed by atoms with Gasteiger partial charge in [0.15, 0.2) is 5.76 Å². The van der Waals surface area contributed by atoms with Crippen molar-refractivity contribution in [2.75, 3.05) is 31.1 Å². The van der Waals surface area contributed by atoms with Crippen molar-refractivity contribution in [2.24, 2.45) is 0 Å². The molecule has 2 heterocycles. The van der Waals surface area contributed by atoms with Crippen molar-refractivity contribution < 1.29 is 14.1 Å². The second-order valence-corrected chi connectivity index (χ2v) is 8.08. The van der Waals surface area contributed by atoms with E-state index in [4.69, 9.17) is 20.8 Å². The SMILES string of the molecule is C[C@H](Oc1coc(C[NH+]2CCN(c3cccc(Cl)c3)CC2)cc1=O)c1ccccc1. The third kappa shape index (κ3) is 5.04. The van der Waals surface area contributed by atoms with Crippen LogP contribution in [0.25, 0.3) is 0 Å². The minimum Gasteiger partial charge on any atom is -0.479 e. The predicted octanol–water partition coefficient (Wildman–Crippen LogP) is 3.34. The summed E-state index contributed by atoms with van der Waals surface area (Å²) < 4.78 is 11.5. The van der Waals surface area contributed by atoms with Gasteiger partial charge in [-0.3, -0.25) is 4.79 Å². The molecule has 1 saturated heterocycles. The molecule has 156 valence electrons. The van der Waals surface area contributed by atoms with Crippen LogP contribution >= 0.6 is 11.6 Å². The first-order valence-electron chi connectivity index (χ1n) is 10.3. The van der Waals surface area contributed by atoms with Crippen LogP contribution in [0.15, 0.2) is 76.1 Å². The Hall–Kier alpha value is -2.76. The topological polar surface area (TPSA) is 47.1 Å². The van der Waals surface area contributed by atoms with Gasteiger partial charge in [0, 0.05) is 16.8 Å². The molecule has 5 nitrogen and oxygen atoms in total. The molecule has 0 aliphatic carbocycles. The Kier molecular flexibility index (Phi) is 6.41. The average Bonchev–Trinajstić information content (AvgIpc) is 2.77. The molecule has 30 heavy (non-hydrogen) atoms. The Morgan fingerprint density at radius 1 is 1.10 bits per heavy atom. The maximum Gasteiger partial charge on any atom is 0.227 e. The van der Waals surface area contributed by atoms with Gasteiger partial charge in [-0.1, -0.05) is 48.0 Å². The minimum absolute atomic E-state index is 0.143. The van der Waals surface area contributed by atoms with E-state index in [0.717, 1.165) is 42.5 Å². The molecule has 0 bridgehead atoms. The van der Waals surface area contributed by atoms with E-state index in [1.807, 2.05) is 55.5 Å². The van der Waals surface area contributed by atoms with Crippen molar-refractivity contribution in [1.29, 1.82) is 0 Å². The Labute approximate surface area is 181 Å². The highest BCUT2D eigenvalue weighted by Crippen LogP contribution is 2.20. The molecule has 1 fully saturated rings. The fourth-order valence-electron chi connectivity index (χ4n) is 3.78. The number of rotatable bonds is 6. The van der Waals surface area contributed by atoms with E-state index in [-0.39, 0.29) is 17.3 Å². The molecule has 0 spiro atoms. The number of halogens is 1. The zero-order chi connectivity index (χ0) is 20.9. The minimum atomic E-state index is -0.217. The van der Waals surface area contributed by atoms with E-state index >= 15 is 0 Å². The van der Waals surface area contributed by atoms with Gasteiger partial charge in [-0.15, -0.1) is 0 Å². The number of nitrogens with zero attached hydrogens (tertiary/aromatic N) is 1. The summed E-state index contributed by atoms with van der Waals surface area (Å²) in [5.41, 5.74) is 2.03. The summed E-state index contributed by atoms with van der Waals surface area (Å²) >= 11 is 6.11. The molecule has 0 unspecified atom stereocenters. The summed E-state index contributed by atoms with van der Waals surface area (Å²) in [7, 11) is 0. The maximum absolute atomic E-state index is 12.5. The van der Waals surface area contributed by atoms with Gasteiger partial charge in [0.05, 0.1) is 26.2 Å². The smallest absolute Gasteiger partial charge is 0.227 e. The largest absolute Gasteiger partial charge is 0.479 e. The number of nitrogens with one attached hydrogen (secondary N) is 1. The van der Waals surface area contributed by atoms with Gasteiger partial charge in [0.1, 0.15) is 18.9 Å². The summed E-state index contributed by atoms with van der Waals surface area (Å²) in [6.07, 6.45) is 1.23. The summed E-state index contributed by atoms with van der Waals surface area (Å²) in [4.78, 5) is 16.2. The van der Waals surface area contributed by atoms with Crippen molar-refractivity contribution in [3.8, 4) is 5.75 Å². The monoisotopic (exact) mass is 425 g/mol. The molecule has 3 aromatic rings. The molecular formula is C24H26ClN2O3+. The Morgan fingerprint density at radius 2 is 1.87 bits per heavy atom. The molecular weight excluding hydrogens is 400 g/mol. The number of benzene rings is 2. The summed E-state index contributed by atoms with van der Waals surface area (Å²) in [5, 5.41) is 0.757. The van der Waals surface area contributed by atoms with Crippen molar-refractivity contribution in [3.05, 3.63) is 93.5 Å². The van der Waals surface area contributed by atoms with Crippen molar-refractivity contribution in [1.82, 2.24) is 0 Å². The van der Waals surface area contributed by atoms with Gasteiger partial charge in [0.2, 0.25) is 11.2 Å². The van der Waals surface area contributed by atoms with Crippen LogP contribution in [-0.4, -0.2) is 26.2 Å². The van der Waals surface area contributed by atoms with E-state index in [2.05, 4.69) is 11.0 Å². The number of quaternary nitrogens is 1. The fraction of sp³-hybridized carbons (Fsp3) is 0.292. The second-order valence-electron chi connectivity index (χ2n) is 7.64. The van der Waals surface area contributed by atoms with Gasteiger partial charge in [0.25, 0.3) is 0 Å². The molecule has 0 saturated carbocycles. The highest BCUT2D eigenvalue weighted by Gasteiger charge is 2.22. The zero-order valence-electron chi connectivity index (χ0n) is 17.0. The number of ether oxygens (including phenoxy) is 1. The number of anilines is 1. The second kappa shape index (κ2) is 9.37. The van der Waals surface area contributed by atoms with Gasteiger partial charge in [-0.25, -0.2) is 0 Å². The molecule has 6 heteroatoms. The maximum atomic E-state index is 12.5. The molecule has 1 N–H and O–H groups in total. The molecule has 0 amide bonds. The fourth-order valence-corrected chi connectivity index (χ4v) is 3.96. The van der Waals surface area contributed by atoms with Crippen LogP contribution in [0.4, 0.5) is 5.69 Å². The van der Waals surface area contributed by atoms with Crippen LogP contribution in [0.3, 0.4) is 0 Å². The van der Waals surface area contributed by atoms with Crippen LogP contribution < -0.4 is 20.0 Å². The lowest BCUT2D eigenvalue weighted by Crippen LogP contribution is -3.13. The van der Waals surface area contributed by atoms with Crippen LogP contribution in [0.1, 0.15) is 24.4 Å². The van der Waals surface area contributed by atoms with Crippen molar-refractivity contribution in [3.63, 3.8) is 0 Å². The van der Waals surface area contributed by atoms with Crippen molar-refractivity contribution in [2.45, 2.75) is 19.6 Å². The summed E-state index contributed by atoms with van der Waals surface area (Å²) in [6, 6.07) is 19.3. The summed E-state index contributed by atoms with van der Waals surface area (Å²) in [5.74, 6) is 0.932. The lowest BCUT2D eigenvalue weighted by molar-refractivity contribution is -0.915. The zero-order valence-corrected chi connectivity index (χ0v) is 17.8. The van der Waals surface area contributed by atoms with E-state index in [9.17, 15) is 4.79 Å². The van der Waals surface area contributed by atoms with E-state index in [1.165, 1.54) is 11.2 Å². The molecule has 2 aromatic carbocycles. The third-order valence-corrected chi connectivity index (χ3v) is 5.73. The average molecular weight is 426 g/mol. The van der Waals surface area contributed by atoms with Crippen LogP contribution in [0.2, 0.25) is 5.02 Å². The lowest BCUT2D eigenvalue weighted by Gasteiger charge is -2.33. The highest BCUT2D eigenvalue weighted by atomic mass is 35.5. The number of piperazine rings is 1. The molecule has 1 atom stereocenters. The Balaban J connectivity index is 1.33. The summed E-state index contributed by atoms with van der Waals surface area (Å²) in [6.45, 7) is 6.43. The molecule has 1 aliphatic rings. The lowest BCUT2D eigenvalue weighted by atomic mass is 10.1. The van der Waals surface area contributed by atoms with Crippen LogP contribution in [-0.2, 0) is 6.54 Å². The van der Waals surface area contributed by atoms with E-state index in [1.54, 1.807) is 6.07 Å². The van der Waals surface area contributed by atoms with E-state index in [0.29, 0.717) is 12.3 Å². The first kappa shape index (κ1) is 20.5. The third-order valence-electron chi connectivity index (χ3n) is 5.49. The predicted molar refractivity (Wildman–Crippen MR) is 119 cm³/mol. The molecule has 4 rings (SSSR count). The van der Waals surface area contributed by atoms with Crippen LogP contribution in [0, 0.1) is 0 Å². The Bertz CT molecular complexity index is 1030. The number of hydrogen-bond acceptors (Lipinski definition) is 4. The molecule has 1 aliphatic heterocycles. The number of hydrogen-bond donors (Lipinski definition) is 1. The molecule has 1 aromatic heterocycles. The quantitative estimate of drug-likeness (QED) is 0.658. The van der Waals surface area contributed by atoms with Crippen molar-refractivity contribution >= 4 is 17.3 Å². The van der Waals surface area contributed by atoms with Gasteiger partial charge >= 0.3 is 0 Å². The van der Waals surface area contributed by atoms with E-state index < -0.39 is 0 Å².